The minimum absolute atomic E-state index is 0.695. The number of nitrogens with two attached hydrogens (primary N) is 1. The van der Waals surface area contributed by atoms with Crippen molar-refractivity contribution in [3.05, 3.63) is 29.3 Å². The van der Waals surface area contributed by atoms with E-state index in [2.05, 4.69) is 35.0 Å². The van der Waals surface area contributed by atoms with Gasteiger partial charge in [-0.3, -0.25) is 4.90 Å². The van der Waals surface area contributed by atoms with Gasteiger partial charge in [-0.25, -0.2) is 0 Å². The van der Waals surface area contributed by atoms with Crippen molar-refractivity contribution >= 4 is 0 Å². The van der Waals surface area contributed by atoms with Gasteiger partial charge in [0.05, 0.1) is 7.11 Å². The third kappa shape index (κ3) is 3.93. The van der Waals surface area contributed by atoms with Crippen molar-refractivity contribution in [2.45, 2.75) is 13.0 Å². The highest BCUT2D eigenvalue weighted by Crippen LogP contribution is 2.22. The SMILES string of the molecule is COc1ccc(CCN)cc1CN1CCN(C)CC1. The molecule has 0 radical (unpaired) electrons. The lowest BCUT2D eigenvalue weighted by molar-refractivity contribution is 0.147. The van der Waals surface area contributed by atoms with Gasteiger partial charge in [-0.2, -0.15) is 0 Å². The smallest absolute Gasteiger partial charge is 0.123 e. The van der Waals surface area contributed by atoms with Gasteiger partial charge in [0.25, 0.3) is 0 Å². The number of methoxy groups -OCH3 is 1. The highest BCUT2D eigenvalue weighted by atomic mass is 16.5. The fraction of sp³-hybridized carbons (Fsp3) is 0.600. The standard InChI is InChI=1S/C15H25N3O/c1-17-7-9-18(10-8-17)12-14-11-13(5-6-16)3-4-15(14)19-2/h3-4,11H,5-10,12,16H2,1-2H3. The predicted octanol–water partition coefficient (Wildman–Crippen LogP) is 0.944. The Morgan fingerprint density at radius 2 is 1.95 bits per heavy atom. The minimum Gasteiger partial charge on any atom is -0.496 e. The summed E-state index contributed by atoms with van der Waals surface area (Å²) in [5, 5.41) is 0. The molecule has 106 valence electrons. The van der Waals surface area contributed by atoms with Crippen LogP contribution in [0.5, 0.6) is 5.75 Å². The van der Waals surface area contributed by atoms with E-state index in [0.29, 0.717) is 6.54 Å². The average Bonchev–Trinajstić information content (AvgIpc) is 2.42. The Kier molecular flexibility index (Phi) is 5.19. The molecule has 1 aromatic rings. The minimum atomic E-state index is 0.695. The van der Waals surface area contributed by atoms with Crippen molar-refractivity contribution in [2.24, 2.45) is 5.73 Å². The van der Waals surface area contributed by atoms with Crippen molar-refractivity contribution in [3.63, 3.8) is 0 Å². The molecule has 4 heteroatoms. The maximum atomic E-state index is 5.63. The van der Waals surface area contributed by atoms with E-state index in [4.69, 9.17) is 10.5 Å². The summed E-state index contributed by atoms with van der Waals surface area (Å²) in [5.41, 5.74) is 8.21. The van der Waals surface area contributed by atoms with Gasteiger partial charge in [-0.1, -0.05) is 12.1 Å². The molecular formula is C15H25N3O. The molecular weight excluding hydrogens is 238 g/mol. The van der Waals surface area contributed by atoms with Crippen LogP contribution in [0.2, 0.25) is 0 Å². The lowest BCUT2D eigenvalue weighted by Gasteiger charge is -2.32. The first-order chi connectivity index (χ1) is 9.22. The van der Waals surface area contributed by atoms with Gasteiger partial charge in [0.1, 0.15) is 5.75 Å². The Morgan fingerprint density at radius 3 is 2.58 bits per heavy atom. The summed E-state index contributed by atoms with van der Waals surface area (Å²) in [4.78, 5) is 4.86. The Hall–Kier alpha value is -1.10. The van der Waals surface area contributed by atoms with Gasteiger partial charge in [-0.05, 0) is 31.6 Å². The summed E-state index contributed by atoms with van der Waals surface area (Å²) >= 11 is 0. The van der Waals surface area contributed by atoms with Crippen molar-refractivity contribution in [1.29, 1.82) is 0 Å². The van der Waals surface area contributed by atoms with E-state index < -0.39 is 0 Å². The monoisotopic (exact) mass is 263 g/mol. The van der Waals surface area contributed by atoms with Crippen molar-refractivity contribution < 1.29 is 4.74 Å². The summed E-state index contributed by atoms with van der Waals surface area (Å²) in [6, 6.07) is 6.42. The maximum Gasteiger partial charge on any atom is 0.123 e. The van der Waals surface area contributed by atoms with Gasteiger partial charge >= 0.3 is 0 Å². The molecule has 0 aliphatic carbocycles. The highest BCUT2D eigenvalue weighted by Gasteiger charge is 2.15. The van der Waals surface area contributed by atoms with Crippen LogP contribution in [0, 0.1) is 0 Å². The third-order valence-corrected chi connectivity index (χ3v) is 3.77. The van der Waals surface area contributed by atoms with Crippen molar-refractivity contribution in [3.8, 4) is 5.75 Å². The number of benzene rings is 1. The number of likely N-dealkylation sites (N-methyl/N-ethyl adjacent to an activating group) is 1. The van der Waals surface area contributed by atoms with Gasteiger partial charge < -0.3 is 15.4 Å². The fourth-order valence-electron chi connectivity index (χ4n) is 2.52. The van der Waals surface area contributed by atoms with E-state index in [9.17, 15) is 0 Å². The second-order valence-electron chi connectivity index (χ2n) is 5.26. The molecule has 0 spiro atoms. The molecule has 19 heavy (non-hydrogen) atoms. The van der Waals surface area contributed by atoms with Gasteiger partial charge in [-0.15, -0.1) is 0 Å². The van der Waals surface area contributed by atoms with E-state index in [1.54, 1.807) is 7.11 Å². The lowest BCUT2D eigenvalue weighted by Crippen LogP contribution is -2.43. The van der Waals surface area contributed by atoms with E-state index >= 15 is 0 Å². The van der Waals surface area contributed by atoms with Crippen LogP contribution in [-0.4, -0.2) is 56.7 Å². The van der Waals surface area contributed by atoms with E-state index in [1.165, 1.54) is 11.1 Å². The molecule has 0 bridgehead atoms. The molecule has 0 aromatic heterocycles. The van der Waals surface area contributed by atoms with Crippen LogP contribution in [-0.2, 0) is 13.0 Å². The van der Waals surface area contributed by atoms with E-state index in [-0.39, 0.29) is 0 Å². The zero-order chi connectivity index (χ0) is 13.7. The molecule has 1 saturated heterocycles. The number of hydrogen-bond acceptors (Lipinski definition) is 4. The Balaban J connectivity index is 2.06. The molecule has 0 saturated carbocycles. The molecule has 2 N–H and O–H groups in total. The first-order valence-corrected chi connectivity index (χ1v) is 6.99. The molecule has 1 aliphatic rings. The summed E-state index contributed by atoms with van der Waals surface area (Å²) in [7, 11) is 3.92. The maximum absolute atomic E-state index is 5.63. The Bertz CT molecular complexity index is 400. The van der Waals surface area contributed by atoms with E-state index in [1.807, 2.05) is 0 Å². The van der Waals surface area contributed by atoms with Crippen LogP contribution >= 0.6 is 0 Å². The van der Waals surface area contributed by atoms with Crippen LogP contribution in [0.4, 0.5) is 0 Å². The molecule has 0 unspecified atom stereocenters. The Morgan fingerprint density at radius 1 is 1.21 bits per heavy atom. The summed E-state index contributed by atoms with van der Waals surface area (Å²) in [6.07, 6.45) is 0.930. The van der Waals surface area contributed by atoms with Crippen molar-refractivity contribution in [1.82, 2.24) is 9.80 Å². The van der Waals surface area contributed by atoms with Gasteiger partial charge in [0, 0.05) is 38.3 Å². The molecule has 0 amide bonds. The van der Waals surface area contributed by atoms with Crippen LogP contribution in [0.1, 0.15) is 11.1 Å². The molecule has 2 rings (SSSR count). The summed E-state index contributed by atoms with van der Waals surface area (Å²) in [6.45, 7) is 6.20. The quantitative estimate of drug-likeness (QED) is 0.858. The van der Waals surface area contributed by atoms with Gasteiger partial charge in [0.2, 0.25) is 0 Å². The molecule has 1 heterocycles. The number of piperazine rings is 1. The largest absolute Gasteiger partial charge is 0.496 e. The normalized spacial score (nSPS) is 17.6. The molecule has 4 nitrogen and oxygen atoms in total. The van der Waals surface area contributed by atoms with Gasteiger partial charge in [0.15, 0.2) is 0 Å². The summed E-state index contributed by atoms with van der Waals surface area (Å²) in [5.74, 6) is 0.986. The first kappa shape index (κ1) is 14.3. The number of hydrogen-bond donors (Lipinski definition) is 1. The van der Waals surface area contributed by atoms with Crippen LogP contribution in [0.15, 0.2) is 18.2 Å². The van der Waals surface area contributed by atoms with Crippen LogP contribution < -0.4 is 10.5 Å². The predicted molar refractivity (Wildman–Crippen MR) is 78.5 cm³/mol. The zero-order valence-electron chi connectivity index (χ0n) is 12.1. The molecule has 1 fully saturated rings. The van der Waals surface area contributed by atoms with Crippen LogP contribution in [0.3, 0.4) is 0 Å². The number of rotatable bonds is 5. The molecule has 1 aliphatic heterocycles. The molecule has 1 aromatic carbocycles. The number of nitrogens with zero attached hydrogens (tertiary/aromatic N) is 2. The third-order valence-electron chi connectivity index (χ3n) is 3.77. The first-order valence-electron chi connectivity index (χ1n) is 6.99. The second-order valence-corrected chi connectivity index (χ2v) is 5.26. The van der Waals surface area contributed by atoms with Crippen molar-refractivity contribution in [2.75, 3.05) is 46.9 Å². The lowest BCUT2D eigenvalue weighted by atomic mass is 10.1. The van der Waals surface area contributed by atoms with E-state index in [0.717, 1.165) is 44.9 Å². The zero-order valence-corrected chi connectivity index (χ0v) is 12.1. The van der Waals surface area contributed by atoms with Crippen LogP contribution in [0.25, 0.3) is 0 Å². The fourth-order valence-corrected chi connectivity index (χ4v) is 2.52. The summed E-state index contributed by atoms with van der Waals surface area (Å²) < 4.78 is 5.47. The topological polar surface area (TPSA) is 41.7 Å². The molecule has 0 atom stereocenters. The average molecular weight is 263 g/mol. The highest BCUT2D eigenvalue weighted by molar-refractivity contribution is 5.37. The Labute approximate surface area is 116 Å². The number of ether oxygens (including phenoxy) is 1. The second kappa shape index (κ2) is 6.89.